The molecule has 17 heavy (non-hydrogen) atoms. The SMILES string of the molecule is O=C(CCNc1nc(Cl)cs1)N1CCOCC1. The smallest absolute Gasteiger partial charge is 0.224 e. The average Bonchev–Trinajstić information content (AvgIpc) is 2.76. The standard InChI is InChI=1S/C10H14ClN3O2S/c11-8-7-17-10(13-8)12-2-1-9(15)14-3-5-16-6-4-14/h7H,1-6H2,(H,12,13). The predicted octanol–water partition coefficient (Wildman–Crippen LogP) is 1.46. The second kappa shape index (κ2) is 6.18. The molecule has 2 rings (SSSR count). The molecule has 1 amide bonds. The van der Waals surface area contributed by atoms with E-state index in [9.17, 15) is 4.79 Å². The van der Waals surface area contributed by atoms with E-state index in [-0.39, 0.29) is 5.91 Å². The first-order chi connectivity index (χ1) is 8.25. The highest BCUT2D eigenvalue weighted by molar-refractivity contribution is 7.14. The van der Waals surface area contributed by atoms with Gasteiger partial charge in [0.05, 0.1) is 13.2 Å². The van der Waals surface area contributed by atoms with Crippen LogP contribution >= 0.6 is 22.9 Å². The van der Waals surface area contributed by atoms with Crippen molar-refractivity contribution in [2.75, 3.05) is 38.2 Å². The van der Waals surface area contributed by atoms with Crippen LogP contribution < -0.4 is 5.32 Å². The summed E-state index contributed by atoms with van der Waals surface area (Å²) < 4.78 is 5.19. The molecule has 1 aliphatic heterocycles. The number of morpholine rings is 1. The van der Waals surface area contributed by atoms with E-state index in [4.69, 9.17) is 16.3 Å². The number of aromatic nitrogens is 1. The van der Waals surface area contributed by atoms with Gasteiger partial charge in [0.15, 0.2) is 5.13 Å². The Kier molecular flexibility index (Phi) is 4.58. The molecule has 0 unspecified atom stereocenters. The van der Waals surface area contributed by atoms with Crippen LogP contribution in [0.25, 0.3) is 0 Å². The lowest BCUT2D eigenvalue weighted by atomic mass is 10.3. The molecule has 1 aliphatic rings. The quantitative estimate of drug-likeness (QED) is 0.904. The molecule has 1 saturated heterocycles. The lowest BCUT2D eigenvalue weighted by molar-refractivity contribution is -0.134. The van der Waals surface area contributed by atoms with Crippen LogP contribution in [0, 0.1) is 0 Å². The van der Waals surface area contributed by atoms with Crippen LogP contribution in [0.1, 0.15) is 6.42 Å². The Balaban J connectivity index is 1.69. The average molecular weight is 276 g/mol. The molecule has 1 fully saturated rings. The zero-order valence-corrected chi connectivity index (χ0v) is 10.9. The van der Waals surface area contributed by atoms with E-state index >= 15 is 0 Å². The molecule has 1 aromatic heterocycles. The number of thiazole rings is 1. The van der Waals surface area contributed by atoms with E-state index < -0.39 is 0 Å². The molecule has 2 heterocycles. The van der Waals surface area contributed by atoms with Gasteiger partial charge in [0, 0.05) is 31.4 Å². The molecular formula is C10H14ClN3O2S. The first kappa shape index (κ1) is 12.6. The number of anilines is 1. The molecule has 1 aromatic rings. The number of carbonyl (C=O) groups is 1. The Bertz CT molecular complexity index is 379. The Morgan fingerprint density at radius 2 is 2.35 bits per heavy atom. The van der Waals surface area contributed by atoms with Crippen molar-refractivity contribution in [2.45, 2.75) is 6.42 Å². The number of carbonyl (C=O) groups excluding carboxylic acids is 1. The molecule has 7 heteroatoms. The van der Waals surface area contributed by atoms with Gasteiger partial charge in [-0.25, -0.2) is 4.98 Å². The number of nitrogens with one attached hydrogen (secondary N) is 1. The van der Waals surface area contributed by atoms with Crippen molar-refractivity contribution in [2.24, 2.45) is 0 Å². The van der Waals surface area contributed by atoms with E-state index in [2.05, 4.69) is 10.3 Å². The zero-order chi connectivity index (χ0) is 12.1. The molecule has 1 N–H and O–H groups in total. The van der Waals surface area contributed by atoms with Gasteiger partial charge in [-0.3, -0.25) is 4.79 Å². The molecule has 0 atom stereocenters. The molecule has 0 aromatic carbocycles. The molecule has 0 spiro atoms. The van der Waals surface area contributed by atoms with Crippen LogP contribution in [-0.4, -0.2) is 48.6 Å². The Labute approximate surface area is 109 Å². The molecule has 5 nitrogen and oxygen atoms in total. The van der Waals surface area contributed by atoms with Gasteiger partial charge in [-0.1, -0.05) is 11.6 Å². The monoisotopic (exact) mass is 275 g/mol. The van der Waals surface area contributed by atoms with Crippen molar-refractivity contribution in [3.8, 4) is 0 Å². The number of hydrogen-bond acceptors (Lipinski definition) is 5. The normalized spacial score (nSPS) is 15.9. The fourth-order valence-electron chi connectivity index (χ4n) is 1.58. The summed E-state index contributed by atoms with van der Waals surface area (Å²) in [5.41, 5.74) is 0. The minimum absolute atomic E-state index is 0.156. The fraction of sp³-hybridized carbons (Fsp3) is 0.600. The van der Waals surface area contributed by atoms with Crippen molar-refractivity contribution < 1.29 is 9.53 Å². The van der Waals surface area contributed by atoms with Crippen LogP contribution in [-0.2, 0) is 9.53 Å². The number of amides is 1. The van der Waals surface area contributed by atoms with Crippen LogP contribution in [0.3, 0.4) is 0 Å². The maximum Gasteiger partial charge on any atom is 0.224 e. The van der Waals surface area contributed by atoms with Gasteiger partial charge >= 0.3 is 0 Å². The largest absolute Gasteiger partial charge is 0.378 e. The first-order valence-corrected chi connectivity index (χ1v) is 6.72. The lowest BCUT2D eigenvalue weighted by Crippen LogP contribution is -2.41. The van der Waals surface area contributed by atoms with Crippen LogP contribution in [0.5, 0.6) is 0 Å². The second-order valence-electron chi connectivity index (χ2n) is 3.65. The summed E-state index contributed by atoms with van der Waals surface area (Å²) in [6.45, 7) is 3.26. The summed E-state index contributed by atoms with van der Waals surface area (Å²) >= 11 is 7.13. The van der Waals surface area contributed by atoms with E-state index in [0.717, 1.165) is 5.13 Å². The van der Waals surface area contributed by atoms with Crippen molar-refractivity contribution in [1.82, 2.24) is 9.88 Å². The van der Waals surface area contributed by atoms with Crippen LogP contribution in [0.15, 0.2) is 5.38 Å². The Hall–Kier alpha value is -0.850. The van der Waals surface area contributed by atoms with Gasteiger partial charge in [0.1, 0.15) is 5.15 Å². The van der Waals surface area contributed by atoms with Gasteiger partial charge in [-0.2, -0.15) is 0 Å². The van der Waals surface area contributed by atoms with E-state index in [1.807, 2.05) is 4.90 Å². The van der Waals surface area contributed by atoms with Crippen LogP contribution in [0.4, 0.5) is 5.13 Å². The number of nitrogens with zero attached hydrogens (tertiary/aromatic N) is 2. The molecule has 0 radical (unpaired) electrons. The van der Waals surface area contributed by atoms with Crippen molar-refractivity contribution >= 4 is 34.0 Å². The van der Waals surface area contributed by atoms with Crippen molar-refractivity contribution in [3.05, 3.63) is 10.5 Å². The summed E-state index contributed by atoms with van der Waals surface area (Å²) in [5, 5.41) is 6.08. The summed E-state index contributed by atoms with van der Waals surface area (Å²) in [7, 11) is 0. The number of halogens is 1. The number of ether oxygens (including phenoxy) is 1. The van der Waals surface area contributed by atoms with Gasteiger partial charge in [0.2, 0.25) is 5.91 Å². The minimum Gasteiger partial charge on any atom is -0.378 e. The summed E-state index contributed by atoms with van der Waals surface area (Å²) in [6, 6.07) is 0. The van der Waals surface area contributed by atoms with Crippen molar-refractivity contribution in [1.29, 1.82) is 0 Å². The molecule has 0 bridgehead atoms. The van der Waals surface area contributed by atoms with Crippen LogP contribution in [0.2, 0.25) is 5.15 Å². The molecule has 94 valence electrons. The molecule has 0 aliphatic carbocycles. The predicted molar refractivity (Wildman–Crippen MR) is 67.6 cm³/mol. The second-order valence-corrected chi connectivity index (χ2v) is 4.89. The number of hydrogen-bond donors (Lipinski definition) is 1. The summed E-state index contributed by atoms with van der Waals surface area (Å²) in [6.07, 6.45) is 0.469. The summed E-state index contributed by atoms with van der Waals surface area (Å²) in [5.74, 6) is 0.156. The van der Waals surface area contributed by atoms with Gasteiger partial charge in [0.25, 0.3) is 0 Å². The topological polar surface area (TPSA) is 54.5 Å². The highest BCUT2D eigenvalue weighted by Crippen LogP contribution is 2.18. The maximum atomic E-state index is 11.8. The van der Waals surface area contributed by atoms with E-state index in [1.54, 1.807) is 5.38 Å². The van der Waals surface area contributed by atoms with Crippen molar-refractivity contribution in [3.63, 3.8) is 0 Å². The zero-order valence-electron chi connectivity index (χ0n) is 9.32. The third-order valence-corrected chi connectivity index (χ3v) is 3.58. The first-order valence-electron chi connectivity index (χ1n) is 5.46. The highest BCUT2D eigenvalue weighted by atomic mass is 35.5. The van der Waals surface area contributed by atoms with E-state index in [0.29, 0.717) is 44.4 Å². The van der Waals surface area contributed by atoms with Gasteiger partial charge < -0.3 is 15.0 Å². The Morgan fingerprint density at radius 1 is 1.59 bits per heavy atom. The van der Waals surface area contributed by atoms with Gasteiger partial charge in [-0.05, 0) is 0 Å². The minimum atomic E-state index is 0.156. The third-order valence-electron chi connectivity index (χ3n) is 2.46. The molecular weight excluding hydrogens is 262 g/mol. The maximum absolute atomic E-state index is 11.8. The Morgan fingerprint density at radius 3 is 3.00 bits per heavy atom. The summed E-state index contributed by atoms with van der Waals surface area (Å²) in [4.78, 5) is 17.7. The lowest BCUT2D eigenvalue weighted by Gasteiger charge is -2.26. The van der Waals surface area contributed by atoms with Gasteiger partial charge in [-0.15, -0.1) is 11.3 Å². The van der Waals surface area contributed by atoms with E-state index in [1.165, 1.54) is 11.3 Å². The third kappa shape index (κ3) is 3.83. The molecule has 0 saturated carbocycles. The fourth-order valence-corrected chi connectivity index (χ4v) is 2.45. The number of rotatable bonds is 4. The highest BCUT2D eigenvalue weighted by Gasteiger charge is 2.16.